The van der Waals surface area contributed by atoms with Crippen LogP contribution in [0.3, 0.4) is 0 Å². The Morgan fingerprint density at radius 2 is 1.27 bits per heavy atom. The van der Waals surface area contributed by atoms with E-state index < -0.39 is 32.5 Å². The van der Waals surface area contributed by atoms with Crippen LogP contribution in [-0.4, -0.2) is 61.5 Å². The molecule has 300 valence electrons. The zero-order valence-electron chi connectivity index (χ0n) is 32.5. The van der Waals surface area contributed by atoms with Gasteiger partial charge in [-0.2, -0.15) is 0 Å². The highest BCUT2D eigenvalue weighted by atomic mass is 31.2. The van der Waals surface area contributed by atoms with Crippen molar-refractivity contribution in [2.24, 2.45) is 5.73 Å². The SMILES string of the molecule is CCCCCCC=CCCCCCCCC(=O)OCC(COP(=O)(O)OCCN)OC(=O)CCCC=CCC=CCC=CCC1OC1CCCCC. The Kier molecular flexibility index (Phi) is 30.9. The minimum absolute atomic E-state index is 0.0401. The molecule has 11 heteroatoms. The first-order valence-electron chi connectivity index (χ1n) is 20.2. The van der Waals surface area contributed by atoms with Crippen molar-refractivity contribution in [1.82, 2.24) is 0 Å². The number of phosphoric ester groups is 1. The maximum absolute atomic E-state index is 12.5. The van der Waals surface area contributed by atoms with Crippen molar-refractivity contribution in [3.05, 3.63) is 48.6 Å². The van der Waals surface area contributed by atoms with E-state index in [2.05, 4.69) is 56.4 Å². The maximum atomic E-state index is 12.5. The van der Waals surface area contributed by atoms with Gasteiger partial charge in [0, 0.05) is 19.4 Å². The molecule has 10 nitrogen and oxygen atoms in total. The highest BCUT2D eigenvalue weighted by Crippen LogP contribution is 2.43. The van der Waals surface area contributed by atoms with E-state index >= 15 is 0 Å². The van der Waals surface area contributed by atoms with Crippen LogP contribution in [0.25, 0.3) is 0 Å². The Balaban J connectivity index is 2.25. The lowest BCUT2D eigenvalue weighted by Crippen LogP contribution is -2.29. The third kappa shape index (κ3) is 30.4. The topological polar surface area (TPSA) is 147 Å². The summed E-state index contributed by atoms with van der Waals surface area (Å²) in [5.41, 5.74) is 5.33. The molecule has 0 radical (unpaired) electrons. The van der Waals surface area contributed by atoms with Crippen molar-refractivity contribution in [1.29, 1.82) is 0 Å². The highest BCUT2D eigenvalue weighted by molar-refractivity contribution is 7.47. The van der Waals surface area contributed by atoms with E-state index in [0.717, 1.165) is 51.4 Å². The van der Waals surface area contributed by atoms with Gasteiger partial charge in [0.15, 0.2) is 6.10 Å². The van der Waals surface area contributed by atoms with Gasteiger partial charge in [0.25, 0.3) is 0 Å². The van der Waals surface area contributed by atoms with Gasteiger partial charge in [-0.1, -0.05) is 120 Å². The summed E-state index contributed by atoms with van der Waals surface area (Å²) in [6.07, 6.45) is 38.9. The molecular weight excluding hydrogens is 681 g/mol. The second-order valence-electron chi connectivity index (χ2n) is 13.5. The van der Waals surface area contributed by atoms with Crippen LogP contribution in [0.2, 0.25) is 0 Å². The van der Waals surface area contributed by atoms with Gasteiger partial charge in [-0.05, 0) is 70.6 Å². The summed E-state index contributed by atoms with van der Waals surface area (Å²) in [5, 5.41) is 0. The number of ether oxygens (including phenoxy) is 3. The van der Waals surface area contributed by atoms with Gasteiger partial charge in [-0.3, -0.25) is 18.6 Å². The first-order valence-corrected chi connectivity index (χ1v) is 21.7. The molecule has 4 atom stereocenters. The molecule has 52 heavy (non-hydrogen) atoms. The van der Waals surface area contributed by atoms with Crippen LogP contribution >= 0.6 is 7.82 Å². The summed E-state index contributed by atoms with van der Waals surface area (Å²) in [6, 6.07) is 0. The van der Waals surface area contributed by atoms with E-state index in [-0.39, 0.29) is 32.6 Å². The van der Waals surface area contributed by atoms with Crippen LogP contribution in [0.15, 0.2) is 48.6 Å². The summed E-state index contributed by atoms with van der Waals surface area (Å²) in [6.45, 7) is 3.59. The van der Waals surface area contributed by atoms with E-state index in [0.29, 0.717) is 31.5 Å². The number of hydrogen-bond acceptors (Lipinski definition) is 9. The quantitative estimate of drug-likeness (QED) is 0.0208. The van der Waals surface area contributed by atoms with Crippen molar-refractivity contribution >= 4 is 19.8 Å². The molecule has 1 heterocycles. The first kappa shape index (κ1) is 48.0. The van der Waals surface area contributed by atoms with E-state index in [4.69, 9.17) is 29.0 Å². The Morgan fingerprint density at radius 3 is 1.98 bits per heavy atom. The van der Waals surface area contributed by atoms with E-state index in [1.165, 1.54) is 57.8 Å². The van der Waals surface area contributed by atoms with Gasteiger partial charge in [-0.25, -0.2) is 4.57 Å². The number of carbonyl (C=O) groups is 2. The summed E-state index contributed by atoms with van der Waals surface area (Å²) in [4.78, 5) is 34.7. The van der Waals surface area contributed by atoms with Crippen molar-refractivity contribution in [3.8, 4) is 0 Å². The molecule has 0 amide bonds. The average molecular weight is 754 g/mol. The number of unbranched alkanes of at least 4 members (excludes halogenated alkanes) is 12. The second kappa shape index (κ2) is 33.5. The molecule has 3 N–H and O–H groups in total. The lowest BCUT2D eigenvalue weighted by Gasteiger charge is -2.19. The molecule has 1 aliphatic heterocycles. The van der Waals surface area contributed by atoms with E-state index in [1.807, 2.05) is 6.08 Å². The number of hydrogen-bond donors (Lipinski definition) is 2. The van der Waals surface area contributed by atoms with Gasteiger partial charge < -0.3 is 24.8 Å². The van der Waals surface area contributed by atoms with Crippen molar-refractivity contribution < 1.29 is 42.3 Å². The van der Waals surface area contributed by atoms with Gasteiger partial charge in [0.05, 0.1) is 25.4 Å². The maximum Gasteiger partial charge on any atom is 0.472 e. The Bertz CT molecular complexity index is 1060. The lowest BCUT2D eigenvalue weighted by molar-refractivity contribution is -0.161. The number of esters is 2. The molecule has 0 spiro atoms. The fourth-order valence-corrected chi connectivity index (χ4v) is 6.24. The van der Waals surface area contributed by atoms with E-state index in [1.54, 1.807) is 0 Å². The highest BCUT2D eigenvalue weighted by Gasteiger charge is 2.36. The molecule has 1 saturated heterocycles. The molecule has 0 aliphatic carbocycles. The fourth-order valence-electron chi connectivity index (χ4n) is 5.48. The van der Waals surface area contributed by atoms with Gasteiger partial charge in [0.2, 0.25) is 0 Å². The molecule has 0 aromatic rings. The van der Waals surface area contributed by atoms with Crippen LogP contribution in [-0.2, 0) is 37.4 Å². The number of rotatable bonds is 36. The number of nitrogens with two attached hydrogens (primary N) is 1. The van der Waals surface area contributed by atoms with Crippen LogP contribution in [0, 0.1) is 0 Å². The van der Waals surface area contributed by atoms with Crippen molar-refractivity contribution in [2.75, 3.05) is 26.4 Å². The summed E-state index contributed by atoms with van der Waals surface area (Å²) >= 11 is 0. The van der Waals surface area contributed by atoms with Crippen molar-refractivity contribution in [3.63, 3.8) is 0 Å². The zero-order valence-corrected chi connectivity index (χ0v) is 33.4. The molecule has 1 aliphatic rings. The summed E-state index contributed by atoms with van der Waals surface area (Å²) < 4.78 is 38.3. The Hall–Kier alpha value is -2.07. The third-order valence-corrected chi connectivity index (χ3v) is 9.60. The van der Waals surface area contributed by atoms with Crippen LogP contribution in [0.4, 0.5) is 0 Å². The molecule has 1 rings (SSSR count). The zero-order chi connectivity index (χ0) is 38.0. The third-order valence-electron chi connectivity index (χ3n) is 8.61. The number of phosphoric acid groups is 1. The smallest absolute Gasteiger partial charge is 0.462 e. The molecule has 0 saturated carbocycles. The average Bonchev–Trinajstić information content (AvgIpc) is 3.88. The monoisotopic (exact) mass is 753 g/mol. The Labute approximate surface area is 315 Å². The van der Waals surface area contributed by atoms with Gasteiger partial charge in [-0.15, -0.1) is 0 Å². The molecular formula is C41H72NO9P. The molecule has 4 unspecified atom stereocenters. The van der Waals surface area contributed by atoms with Crippen molar-refractivity contribution in [2.45, 2.75) is 173 Å². The molecule has 0 aromatic heterocycles. The largest absolute Gasteiger partial charge is 0.472 e. The minimum atomic E-state index is -4.39. The predicted octanol–water partition coefficient (Wildman–Crippen LogP) is 10.1. The summed E-state index contributed by atoms with van der Waals surface area (Å²) in [5.74, 6) is -0.913. The second-order valence-corrected chi connectivity index (χ2v) is 15.0. The van der Waals surface area contributed by atoms with Crippen LogP contribution in [0.5, 0.6) is 0 Å². The number of carbonyl (C=O) groups excluding carboxylic acids is 2. The standard InChI is InChI=1S/C41H72NO9P/c1-3-5-7-8-9-10-11-12-13-17-20-23-27-31-40(43)47-35-37(36-49-52(45,46)48-34-33-42)50-41(44)32-28-24-21-18-15-14-16-19-22-26-30-39-38(51-39)29-25-6-4-2/h10-11,14,16,18,21-22,26,37-39H,3-9,12-13,15,17,19-20,23-25,27-36,42H2,1-2H3,(H,45,46). The predicted molar refractivity (Wildman–Crippen MR) is 210 cm³/mol. The minimum Gasteiger partial charge on any atom is -0.462 e. The molecule has 1 fully saturated rings. The number of epoxide rings is 1. The van der Waals surface area contributed by atoms with E-state index in [9.17, 15) is 19.0 Å². The fraction of sp³-hybridized carbons (Fsp3) is 0.756. The summed E-state index contributed by atoms with van der Waals surface area (Å²) in [7, 11) is -4.39. The van der Waals surface area contributed by atoms with Crippen LogP contribution in [0.1, 0.15) is 155 Å². The lowest BCUT2D eigenvalue weighted by atomic mass is 10.1. The number of allylic oxidation sites excluding steroid dienone is 7. The molecule has 0 aromatic carbocycles. The molecule has 0 bridgehead atoms. The van der Waals surface area contributed by atoms with Gasteiger partial charge >= 0.3 is 19.8 Å². The normalized spacial score (nSPS) is 17.8. The van der Waals surface area contributed by atoms with Crippen LogP contribution < -0.4 is 5.73 Å². The first-order chi connectivity index (χ1) is 25.3. The van der Waals surface area contributed by atoms with Gasteiger partial charge in [0.1, 0.15) is 6.61 Å². The Morgan fingerprint density at radius 1 is 0.692 bits per heavy atom.